The molecule has 1 saturated heterocycles. The smallest absolute Gasteiger partial charge is 0.326 e. The largest absolute Gasteiger partial charge is 0.454 e. The quantitative estimate of drug-likeness (QED) is 0.580. The van der Waals surface area contributed by atoms with Gasteiger partial charge in [0.2, 0.25) is 11.8 Å². The van der Waals surface area contributed by atoms with Crippen LogP contribution in [0.1, 0.15) is 58.8 Å². The van der Waals surface area contributed by atoms with Crippen LogP contribution in [0.25, 0.3) is 0 Å². The van der Waals surface area contributed by atoms with Crippen molar-refractivity contribution in [2.24, 2.45) is 23.7 Å². The fourth-order valence-corrected chi connectivity index (χ4v) is 4.74. The van der Waals surface area contributed by atoms with Crippen molar-refractivity contribution in [2.75, 3.05) is 13.2 Å². The Morgan fingerprint density at radius 3 is 2.26 bits per heavy atom. The van der Waals surface area contributed by atoms with Crippen LogP contribution in [0.15, 0.2) is 0 Å². The van der Waals surface area contributed by atoms with Gasteiger partial charge in [0.25, 0.3) is 5.91 Å². The molecule has 3 aliphatic rings. The first-order chi connectivity index (χ1) is 12.9. The lowest BCUT2D eigenvalue weighted by Crippen LogP contribution is -2.45. The van der Waals surface area contributed by atoms with E-state index in [9.17, 15) is 19.2 Å². The fraction of sp³-hybridized carbons (Fsp3) is 0.800. The van der Waals surface area contributed by atoms with Crippen LogP contribution >= 0.6 is 0 Å². The maximum atomic E-state index is 12.4. The Labute approximate surface area is 160 Å². The molecular weight excluding hydrogens is 348 g/mol. The van der Waals surface area contributed by atoms with Gasteiger partial charge in [0.15, 0.2) is 6.61 Å². The number of nitrogens with zero attached hydrogens (tertiary/aromatic N) is 1. The first-order valence-corrected chi connectivity index (χ1v) is 10.2. The number of likely N-dealkylation sites (tertiary alicyclic amines) is 1. The van der Waals surface area contributed by atoms with E-state index < -0.39 is 12.5 Å². The maximum Gasteiger partial charge on any atom is 0.326 e. The third kappa shape index (κ3) is 4.33. The van der Waals surface area contributed by atoms with Gasteiger partial charge in [-0.1, -0.05) is 39.5 Å². The van der Waals surface area contributed by atoms with Gasteiger partial charge in [0.1, 0.15) is 6.54 Å². The summed E-state index contributed by atoms with van der Waals surface area (Å²) >= 11 is 0. The van der Waals surface area contributed by atoms with Crippen LogP contribution in [0.4, 0.5) is 0 Å². The van der Waals surface area contributed by atoms with Gasteiger partial charge in [-0.25, -0.2) is 0 Å². The number of esters is 1. The van der Waals surface area contributed by atoms with Crippen LogP contribution in [-0.2, 0) is 23.9 Å². The number of ether oxygens (including phenoxy) is 1. The SMILES string of the molecule is C[C@H]1[C@H](C)CCC[C@@H]1NC(=O)COC(=O)CN1C(=O)[C@H]2CCCC[C@H]2C1=O. The van der Waals surface area contributed by atoms with E-state index in [1.165, 1.54) is 6.42 Å². The van der Waals surface area contributed by atoms with Crippen molar-refractivity contribution in [1.29, 1.82) is 0 Å². The van der Waals surface area contributed by atoms with Gasteiger partial charge in [-0.3, -0.25) is 24.1 Å². The van der Waals surface area contributed by atoms with E-state index >= 15 is 0 Å². The summed E-state index contributed by atoms with van der Waals surface area (Å²) in [5.41, 5.74) is 0. The summed E-state index contributed by atoms with van der Waals surface area (Å²) in [4.78, 5) is 49.9. The first-order valence-electron chi connectivity index (χ1n) is 10.2. The topological polar surface area (TPSA) is 92.8 Å². The molecule has 2 saturated carbocycles. The molecule has 150 valence electrons. The number of imide groups is 1. The fourth-order valence-electron chi connectivity index (χ4n) is 4.74. The molecule has 3 rings (SSSR count). The van der Waals surface area contributed by atoms with Gasteiger partial charge in [0, 0.05) is 6.04 Å². The average molecular weight is 378 g/mol. The highest BCUT2D eigenvalue weighted by Gasteiger charge is 2.48. The van der Waals surface area contributed by atoms with Crippen molar-refractivity contribution < 1.29 is 23.9 Å². The zero-order valence-corrected chi connectivity index (χ0v) is 16.2. The molecular formula is C20H30N2O5. The molecule has 7 nitrogen and oxygen atoms in total. The predicted molar refractivity (Wildman–Crippen MR) is 97.2 cm³/mol. The molecule has 0 aromatic rings. The minimum absolute atomic E-state index is 0.102. The zero-order valence-electron chi connectivity index (χ0n) is 16.2. The maximum absolute atomic E-state index is 12.4. The molecule has 0 aromatic carbocycles. The van der Waals surface area contributed by atoms with Crippen LogP contribution in [0.2, 0.25) is 0 Å². The van der Waals surface area contributed by atoms with Gasteiger partial charge in [0.05, 0.1) is 11.8 Å². The number of amides is 3. The van der Waals surface area contributed by atoms with Crippen LogP contribution in [0.3, 0.4) is 0 Å². The highest BCUT2D eigenvalue weighted by Crippen LogP contribution is 2.37. The second kappa shape index (κ2) is 8.40. The molecule has 0 spiro atoms. The average Bonchev–Trinajstić information content (AvgIpc) is 2.89. The Morgan fingerprint density at radius 2 is 1.63 bits per heavy atom. The van der Waals surface area contributed by atoms with Gasteiger partial charge >= 0.3 is 5.97 Å². The van der Waals surface area contributed by atoms with Crippen molar-refractivity contribution in [3.8, 4) is 0 Å². The summed E-state index contributed by atoms with van der Waals surface area (Å²) in [6.07, 6.45) is 6.49. The van der Waals surface area contributed by atoms with Crippen LogP contribution in [0, 0.1) is 23.7 Å². The molecule has 3 fully saturated rings. The summed E-state index contributed by atoms with van der Waals surface area (Å²) < 4.78 is 5.02. The van der Waals surface area contributed by atoms with E-state index in [2.05, 4.69) is 19.2 Å². The Hall–Kier alpha value is -1.92. The molecule has 0 bridgehead atoms. The number of hydrogen-bond acceptors (Lipinski definition) is 5. The molecule has 2 aliphatic carbocycles. The number of fused-ring (bicyclic) bond motifs is 1. The van der Waals surface area contributed by atoms with Crippen LogP contribution in [-0.4, -0.2) is 47.8 Å². The summed E-state index contributed by atoms with van der Waals surface area (Å²) in [5, 5.41) is 2.94. The molecule has 7 heteroatoms. The van der Waals surface area contributed by atoms with E-state index in [1.54, 1.807) is 0 Å². The standard InChI is InChI=1S/C20H30N2O5/c1-12-6-5-9-16(13(12)2)21-17(23)11-27-18(24)10-22-19(25)14-7-3-4-8-15(14)20(22)26/h12-16H,3-11H2,1-2H3,(H,21,23)/t12-,13+,14-,15+,16+/m1/s1. The second-order valence-corrected chi connectivity index (χ2v) is 8.36. The van der Waals surface area contributed by atoms with Crippen molar-refractivity contribution in [1.82, 2.24) is 10.2 Å². The lowest BCUT2D eigenvalue weighted by Gasteiger charge is -2.34. The number of carbonyl (C=O) groups excluding carboxylic acids is 4. The van der Waals surface area contributed by atoms with Crippen molar-refractivity contribution in [3.05, 3.63) is 0 Å². The van der Waals surface area contributed by atoms with Gasteiger partial charge < -0.3 is 10.1 Å². The van der Waals surface area contributed by atoms with Crippen LogP contribution < -0.4 is 5.32 Å². The van der Waals surface area contributed by atoms with Crippen LogP contribution in [0.5, 0.6) is 0 Å². The molecule has 1 heterocycles. The number of rotatable bonds is 5. The third-order valence-electron chi connectivity index (χ3n) is 6.64. The van der Waals surface area contributed by atoms with Crippen molar-refractivity contribution >= 4 is 23.7 Å². The summed E-state index contributed by atoms with van der Waals surface area (Å²) in [5.74, 6) is -1.19. The van der Waals surface area contributed by atoms with Gasteiger partial charge in [-0.05, 0) is 31.1 Å². The van der Waals surface area contributed by atoms with E-state index in [4.69, 9.17) is 4.74 Å². The lowest BCUT2D eigenvalue weighted by molar-refractivity contribution is -0.155. The summed E-state index contributed by atoms with van der Waals surface area (Å²) in [6, 6.07) is 0.102. The highest BCUT2D eigenvalue weighted by atomic mass is 16.5. The Kier molecular flexibility index (Phi) is 6.17. The molecule has 0 aromatic heterocycles. The van der Waals surface area contributed by atoms with E-state index in [0.29, 0.717) is 24.7 Å². The Morgan fingerprint density at radius 1 is 1.00 bits per heavy atom. The Bertz CT molecular complexity index is 595. The molecule has 3 amide bonds. The Balaban J connectivity index is 1.45. The summed E-state index contributed by atoms with van der Waals surface area (Å²) in [7, 11) is 0. The number of nitrogens with one attached hydrogen (secondary N) is 1. The zero-order chi connectivity index (χ0) is 19.6. The molecule has 0 unspecified atom stereocenters. The third-order valence-corrected chi connectivity index (χ3v) is 6.64. The van der Waals surface area contributed by atoms with E-state index in [0.717, 1.165) is 30.6 Å². The summed E-state index contributed by atoms with van der Waals surface area (Å²) in [6.45, 7) is 3.55. The van der Waals surface area contributed by atoms with E-state index in [1.807, 2.05) is 0 Å². The minimum atomic E-state index is -0.712. The normalized spacial score (nSPS) is 33.6. The second-order valence-electron chi connectivity index (χ2n) is 8.36. The van der Waals surface area contributed by atoms with Gasteiger partial charge in [-0.2, -0.15) is 0 Å². The molecule has 1 aliphatic heterocycles. The number of carbonyl (C=O) groups is 4. The van der Waals surface area contributed by atoms with Crippen molar-refractivity contribution in [3.63, 3.8) is 0 Å². The molecule has 0 radical (unpaired) electrons. The first kappa shape index (κ1) is 19.8. The monoisotopic (exact) mass is 378 g/mol. The van der Waals surface area contributed by atoms with Gasteiger partial charge in [-0.15, -0.1) is 0 Å². The molecule has 27 heavy (non-hydrogen) atoms. The lowest BCUT2D eigenvalue weighted by atomic mass is 9.78. The molecule has 1 N–H and O–H groups in total. The minimum Gasteiger partial charge on any atom is -0.454 e. The van der Waals surface area contributed by atoms with Crippen molar-refractivity contribution in [2.45, 2.75) is 64.8 Å². The predicted octanol–water partition coefficient (Wildman–Crippen LogP) is 1.65. The van der Waals surface area contributed by atoms with E-state index in [-0.39, 0.29) is 42.2 Å². The molecule has 5 atom stereocenters. The highest BCUT2D eigenvalue weighted by molar-refractivity contribution is 6.07. The number of hydrogen-bond donors (Lipinski definition) is 1.